The Kier molecular flexibility index (Phi) is 4.15. The summed E-state index contributed by atoms with van der Waals surface area (Å²) in [6, 6.07) is 16.0. The lowest BCUT2D eigenvalue weighted by Crippen LogP contribution is -2.17. The molecule has 0 atom stereocenters. The number of imidazole rings is 1. The summed E-state index contributed by atoms with van der Waals surface area (Å²) in [6.45, 7) is 2.04. The molecule has 0 aliphatic heterocycles. The third-order valence-electron chi connectivity index (χ3n) is 4.13. The summed E-state index contributed by atoms with van der Waals surface area (Å²) in [4.78, 5) is 19.6. The molecule has 6 nitrogen and oxygen atoms in total. The van der Waals surface area contributed by atoms with Crippen LogP contribution < -0.4 is 4.90 Å². The van der Waals surface area contributed by atoms with Crippen molar-refractivity contribution in [1.82, 2.24) is 19.5 Å². The molecule has 3 heterocycles. The lowest BCUT2D eigenvalue weighted by Gasteiger charge is -2.21. The summed E-state index contributed by atoms with van der Waals surface area (Å²) >= 11 is 0. The van der Waals surface area contributed by atoms with E-state index >= 15 is 0 Å². The van der Waals surface area contributed by atoms with E-state index in [1.54, 1.807) is 32.1 Å². The van der Waals surface area contributed by atoms with Gasteiger partial charge < -0.3 is 0 Å². The summed E-state index contributed by atoms with van der Waals surface area (Å²) in [5, 5.41) is 0. The number of pyridine rings is 2. The first-order chi connectivity index (χ1) is 12.8. The molecule has 0 unspecified atom stereocenters. The van der Waals surface area contributed by atoms with E-state index < -0.39 is 0 Å². The summed E-state index contributed by atoms with van der Waals surface area (Å²) in [5.41, 5.74) is 4.71. The largest absolute Gasteiger partial charge is 0.285 e. The normalized spacial score (nSPS) is 11.3. The van der Waals surface area contributed by atoms with Crippen molar-refractivity contribution >= 4 is 29.0 Å². The molecular weight excluding hydrogens is 324 g/mol. The number of aliphatic imine (C=N–C) groups is 1. The highest BCUT2D eigenvalue weighted by atomic mass is 15.2. The molecule has 0 spiro atoms. The summed E-state index contributed by atoms with van der Waals surface area (Å²) in [6.07, 6.45) is 7.13. The van der Waals surface area contributed by atoms with Crippen LogP contribution >= 0.6 is 0 Å². The summed E-state index contributed by atoms with van der Waals surface area (Å²) < 4.78 is 1.98. The van der Waals surface area contributed by atoms with Gasteiger partial charge in [0, 0.05) is 19.4 Å². The van der Waals surface area contributed by atoms with Crippen molar-refractivity contribution < 1.29 is 0 Å². The lowest BCUT2D eigenvalue weighted by atomic mass is 10.2. The number of fused-ring (bicyclic) bond motifs is 1. The fourth-order valence-electron chi connectivity index (χ4n) is 2.92. The number of benzene rings is 1. The van der Waals surface area contributed by atoms with E-state index in [0.29, 0.717) is 0 Å². The Morgan fingerprint density at radius 2 is 1.85 bits per heavy atom. The number of rotatable bonds is 4. The van der Waals surface area contributed by atoms with E-state index in [1.807, 2.05) is 58.9 Å². The first-order valence-electron chi connectivity index (χ1n) is 8.29. The molecule has 4 rings (SSSR count). The van der Waals surface area contributed by atoms with E-state index in [1.165, 1.54) is 0 Å². The molecule has 6 heteroatoms. The van der Waals surface area contributed by atoms with Crippen LogP contribution in [0.1, 0.15) is 5.56 Å². The topological polar surface area (TPSA) is 59.2 Å². The van der Waals surface area contributed by atoms with Gasteiger partial charge in [0.25, 0.3) is 0 Å². The Balaban J connectivity index is 1.83. The van der Waals surface area contributed by atoms with Gasteiger partial charge in [0.2, 0.25) is 0 Å². The van der Waals surface area contributed by atoms with E-state index in [2.05, 4.69) is 26.0 Å². The number of hydrogen-bond acceptors (Lipinski definition) is 4. The van der Waals surface area contributed by atoms with Crippen LogP contribution in [-0.4, -0.2) is 32.9 Å². The molecule has 1 aromatic carbocycles. The number of aryl methyl sites for hydroxylation is 1. The zero-order chi connectivity index (χ0) is 17.9. The lowest BCUT2D eigenvalue weighted by molar-refractivity contribution is 1.06. The van der Waals surface area contributed by atoms with Crippen molar-refractivity contribution in [3.63, 3.8) is 0 Å². The molecule has 0 N–H and O–H groups in total. The van der Waals surface area contributed by atoms with Crippen LogP contribution in [0.4, 0.5) is 11.5 Å². The van der Waals surface area contributed by atoms with Crippen LogP contribution in [0.15, 0.2) is 72.2 Å². The molecule has 0 aliphatic carbocycles. The van der Waals surface area contributed by atoms with Crippen LogP contribution in [0.25, 0.3) is 16.9 Å². The summed E-state index contributed by atoms with van der Waals surface area (Å²) in [5.74, 6) is 0.851. The van der Waals surface area contributed by atoms with Crippen LogP contribution in [0.2, 0.25) is 0 Å². The molecule has 0 fully saturated rings. The molecule has 26 heavy (non-hydrogen) atoms. The Labute approximate surface area is 151 Å². The highest BCUT2D eigenvalue weighted by Crippen LogP contribution is 2.27. The molecule has 0 saturated heterocycles. The second-order valence-electron chi connectivity index (χ2n) is 5.87. The van der Waals surface area contributed by atoms with Gasteiger partial charge in [0.15, 0.2) is 5.65 Å². The van der Waals surface area contributed by atoms with Crippen molar-refractivity contribution in [3.8, 4) is 5.69 Å². The van der Waals surface area contributed by atoms with Gasteiger partial charge in [-0.25, -0.2) is 15.0 Å². The average Bonchev–Trinajstić information content (AvgIpc) is 3.11. The second-order valence-corrected chi connectivity index (χ2v) is 5.87. The molecule has 0 bridgehead atoms. The number of aromatic nitrogens is 4. The maximum atomic E-state index is 4.52. The first kappa shape index (κ1) is 16.0. The summed E-state index contributed by atoms with van der Waals surface area (Å²) in [7, 11) is 1.75. The Morgan fingerprint density at radius 1 is 1.00 bits per heavy atom. The molecule has 128 valence electrons. The molecule has 0 saturated carbocycles. The Bertz CT molecular complexity index is 1080. The second kappa shape index (κ2) is 6.76. The van der Waals surface area contributed by atoms with Crippen LogP contribution in [0.3, 0.4) is 0 Å². The first-order valence-corrected chi connectivity index (χ1v) is 8.29. The molecule has 3 aromatic heterocycles. The zero-order valence-corrected chi connectivity index (χ0v) is 14.6. The molecular formula is C20H18N6. The standard InChI is InChI=1S/C20H18N6/c1-15-6-4-10-22-19(15)25(13-21-2)16-7-3-8-17(12-16)26-14-24-18-9-5-11-23-20(18)26/h3-14H,1-2H3/b21-13+. The van der Waals surface area contributed by atoms with Gasteiger partial charge in [0.1, 0.15) is 17.7 Å². The van der Waals surface area contributed by atoms with Gasteiger partial charge in [-0.15, -0.1) is 0 Å². The monoisotopic (exact) mass is 342 g/mol. The molecule has 4 aromatic rings. The third-order valence-corrected chi connectivity index (χ3v) is 4.13. The van der Waals surface area contributed by atoms with Crippen LogP contribution in [0.5, 0.6) is 0 Å². The molecule has 0 radical (unpaired) electrons. The fourth-order valence-corrected chi connectivity index (χ4v) is 2.92. The van der Waals surface area contributed by atoms with Gasteiger partial charge >= 0.3 is 0 Å². The average molecular weight is 342 g/mol. The minimum absolute atomic E-state index is 0.828. The number of nitrogens with zero attached hydrogens (tertiary/aromatic N) is 6. The quantitative estimate of drug-likeness (QED) is 0.417. The van der Waals surface area contributed by atoms with Crippen molar-refractivity contribution in [3.05, 3.63) is 72.8 Å². The van der Waals surface area contributed by atoms with Crippen molar-refractivity contribution in [2.24, 2.45) is 4.99 Å². The highest BCUT2D eigenvalue weighted by molar-refractivity contribution is 5.89. The third kappa shape index (κ3) is 2.82. The zero-order valence-electron chi connectivity index (χ0n) is 14.6. The SMILES string of the molecule is C/N=C/N(c1cccc(-n2cnc3cccnc32)c1)c1ncccc1C. The highest BCUT2D eigenvalue weighted by Gasteiger charge is 2.13. The van der Waals surface area contributed by atoms with Gasteiger partial charge in [-0.05, 0) is 48.9 Å². The minimum atomic E-state index is 0.828. The Hall–Kier alpha value is -3.54. The smallest absolute Gasteiger partial charge is 0.164 e. The fraction of sp³-hybridized carbons (Fsp3) is 0.100. The minimum Gasteiger partial charge on any atom is -0.285 e. The predicted molar refractivity (Wildman–Crippen MR) is 104 cm³/mol. The van der Waals surface area contributed by atoms with Gasteiger partial charge in [-0.1, -0.05) is 12.1 Å². The van der Waals surface area contributed by atoms with E-state index in [4.69, 9.17) is 0 Å². The van der Waals surface area contributed by atoms with Crippen molar-refractivity contribution in [2.45, 2.75) is 6.92 Å². The van der Waals surface area contributed by atoms with Crippen molar-refractivity contribution in [2.75, 3.05) is 11.9 Å². The maximum Gasteiger partial charge on any atom is 0.164 e. The van der Waals surface area contributed by atoms with E-state index in [0.717, 1.165) is 33.9 Å². The van der Waals surface area contributed by atoms with Crippen molar-refractivity contribution in [1.29, 1.82) is 0 Å². The van der Waals surface area contributed by atoms with Crippen LogP contribution in [-0.2, 0) is 0 Å². The van der Waals surface area contributed by atoms with Crippen LogP contribution in [0, 0.1) is 6.92 Å². The van der Waals surface area contributed by atoms with Gasteiger partial charge in [-0.2, -0.15) is 0 Å². The van der Waals surface area contributed by atoms with E-state index in [9.17, 15) is 0 Å². The predicted octanol–water partition coefficient (Wildman–Crippen LogP) is 3.92. The Morgan fingerprint density at radius 3 is 2.69 bits per heavy atom. The van der Waals surface area contributed by atoms with Gasteiger partial charge in [0.05, 0.1) is 17.7 Å². The number of hydrogen-bond donors (Lipinski definition) is 0. The van der Waals surface area contributed by atoms with Gasteiger partial charge in [-0.3, -0.25) is 14.5 Å². The number of anilines is 2. The molecule has 0 amide bonds. The van der Waals surface area contributed by atoms with E-state index in [-0.39, 0.29) is 0 Å². The molecule has 0 aliphatic rings. The maximum absolute atomic E-state index is 4.52.